The van der Waals surface area contributed by atoms with Gasteiger partial charge in [-0.3, -0.25) is 14.4 Å². The molecule has 0 heterocycles. The summed E-state index contributed by atoms with van der Waals surface area (Å²) < 4.78 is 5.29. The van der Waals surface area contributed by atoms with Crippen LogP contribution >= 0.6 is 0 Å². The minimum Gasteiger partial charge on any atom is -0.461 e. The number of hydrogen-bond acceptors (Lipinski definition) is 5. The lowest BCUT2D eigenvalue weighted by molar-refractivity contribution is -0.145. The van der Waals surface area contributed by atoms with Crippen molar-refractivity contribution in [3.63, 3.8) is 0 Å². The zero-order valence-electron chi connectivity index (χ0n) is 20.2. The Morgan fingerprint density at radius 2 is 1.68 bits per heavy atom. The van der Waals surface area contributed by atoms with E-state index < -0.39 is 11.9 Å². The standard InChI is InChI=1S/C27H37N3O4/c1-3-16-30(23(18-25(29)31)17-21-14-12-20(2)13-15-21)27(33)24(28)10-7-11-26(32)34-19-22-8-5-4-6-9-22/h4-6,8-9,12-15,23-24H,3,7,10-11,16-19,28H2,1-2H3,(H2,29,31)/t23-,24-/m0/s1. The molecule has 0 aliphatic rings. The lowest BCUT2D eigenvalue weighted by atomic mass is 9.98. The number of benzene rings is 2. The molecule has 0 bridgehead atoms. The molecule has 0 spiro atoms. The molecule has 184 valence electrons. The van der Waals surface area contributed by atoms with Crippen LogP contribution in [0, 0.1) is 6.92 Å². The van der Waals surface area contributed by atoms with E-state index >= 15 is 0 Å². The molecule has 2 aromatic carbocycles. The van der Waals surface area contributed by atoms with Crippen LogP contribution in [0.3, 0.4) is 0 Å². The maximum Gasteiger partial charge on any atom is 0.306 e. The third kappa shape index (κ3) is 9.35. The van der Waals surface area contributed by atoms with E-state index in [9.17, 15) is 14.4 Å². The number of carbonyl (C=O) groups is 3. The van der Waals surface area contributed by atoms with E-state index in [1.54, 1.807) is 4.90 Å². The van der Waals surface area contributed by atoms with Gasteiger partial charge in [-0.05, 0) is 43.7 Å². The van der Waals surface area contributed by atoms with Crippen LogP contribution in [0.5, 0.6) is 0 Å². The van der Waals surface area contributed by atoms with Gasteiger partial charge < -0.3 is 21.1 Å². The van der Waals surface area contributed by atoms with Gasteiger partial charge in [-0.15, -0.1) is 0 Å². The fraction of sp³-hybridized carbons (Fsp3) is 0.444. The first-order valence-electron chi connectivity index (χ1n) is 11.9. The van der Waals surface area contributed by atoms with Crippen molar-refractivity contribution in [2.75, 3.05) is 6.54 Å². The Morgan fingerprint density at radius 1 is 1.00 bits per heavy atom. The molecule has 2 atom stereocenters. The highest BCUT2D eigenvalue weighted by molar-refractivity contribution is 5.83. The van der Waals surface area contributed by atoms with Crippen LogP contribution in [-0.2, 0) is 32.1 Å². The molecule has 0 radical (unpaired) electrons. The summed E-state index contributed by atoms with van der Waals surface area (Å²) in [5.41, 5.74) is 14.8. The van der Waals surface area contributed by atoms with Gasteiger partial charge in [0.1, 0.15) is 6.61 Å². The summed E-state index contributed by atoms with van der Waals surface area (Å²) in [4.78, 5) is 38.7. The van der Waals surface area contributed by atoms with E-state index in [1.165, 1.54) is 0 Å². The predicted molar refractivity (Wildman–Crippen MR) is 133 cm³/mol. The summed E-state index contributed by atoms with van der Waals surface area (Å²) in [7, 11) is 0. The van der Waals surface area contributed by atoms with Crippen LogP contribution in [0.2, 0.25) is 0 Å². The van der Waals surface area contributed by atoms with E-state index in [0.717, 1.165) is 23.1 Å². The SMILES string of the molecule is CCCN(C(=O)[C@@H](N)CCCC(=O)OCc1ccccc1)[C@H](CC(N)=O)Cc1ccc(C)cc1. The van der Waals surface area contributed by atoms with Crippen LogP contribution in [0.1, 0.15) is 55.7 Å². The fourth-order valence-electron chi connectivity index (χ4n) is 3.85. The van der Waals surface area contributed by atoms with Crippen LogP contribution in [0.25, 0.3) is 0 Å². The minimum absolute atomic E-state index is 0.0676. The molecule has 4 N–H and O–H groups in total. The van der Waals surface area contributed by atoms with Crippen LogP contribution in [-0.4, -0.2) is 41.3 Å². The molecule has 0 fully saturated rings. The zero-order valence-corrected chi connectivity index (χ0v) is 20.2. The third-order valence-electron chi connectivity index (χ3n) is 5.67. The highest BCUT2D eigenvalue weighted by Gasteiger charge is 2.28. The highest BCUT2D eigenvalue weighted by atomic mass is 16.5. The Hall–Kier alpha value is -3.19. The first-order chi connectivity index (χ1) is 16.3. The Bertz CT molecular complexity index is 915. The molecule has 0 aromatic heterocycles. The molecule has 2 aromatic rings. The normalized spacial score (nSPS) is 12.6. The van der Waals surface area contributed by atoms with Crippen molar-refractivity contribution in [1.82, 2.24) is 4.90 Å². The second kappa shape index (κ2) is 14.2. The first kappa shape index (κ1) is 27.1. The van der Waals surface area contributed by atoms with Gasteiger partial charge in [0.05, 0.1) is 6.04 Å². The fourth-order valence-corrected chi connectivity index (χ4v) is 3.85. The average Bonchev–Trinajstić information content (AvgIpc) is 2.82. The molecular weight excluding hydrogens is 430 g/mol. The summed E-state index contributed by atoms with van der Waals surface area (Å²) in [6, 6.07) is 16.3. The second-order valence-electron chi connectivity index (χ2n) is 8.69. The number of aryl methyl sites for hydroxylation is 1. The van der Waals surface area contributed by atoms with Gasteiger partial charge in [0.25, 0.3) is 0 Å². The molecular formula is C27H37N3O4. The van der Waals surface area contributed by atoms with Gasteiger partial charge in [0.15, 0.2) is 0 Å². The molecule has 0 unspecified atom stereocenters. The largest absolute Gasteiger partial charge is 0.461 e. The number of nitrogens with two attached hydrogens (primary N) is 2. The van der Waals surface area contributed by atoms with Gasteiger partial charge in [-0.1, -0.05) is 67.1 Å². The maximum atomic E-state index is 13.2. The molecule has 0 aliphatic carbocycles. The van der Waals surface area contributed by atoms with Gasteiger partial charge in [0.2, 0.25) is 11.8 Å². The van der Waals surface area contributed by atoms with Gasteiger partial charge in [-0.2, -0.15) is 0 Å². The lowest BCUT2D eigenvalue weighted by Gasteiger charge is -2.33. The Balaban J connectivity index is 1.93. The van der Waals surface area contributed by atoms with Crippen molar-refractivity contribution >= 4 is 17.8 Å². The van der Waals surface area contributed by atoms with E-state index in [0.29, 0.717) is 25.8 Å². The number of esters is 1. The molecule has 0 aliphatic heterocycles. The quantitative estimate of drug-likeness (QED) is 0.414. The van der Waals surface area contributed by atoms with Crippen LogP contribution < -0.4 is 11.5 Å². The molecule has 2 rings (SSSR count). The number of nitrogens with zero attached hydrogens (tertiary/aromatic N) is 1. The van der Waals surface area contributed by atoms with Gasteiger partial charge in [-0.25, -0.2) is 0 Å². The molecule has 34 heavy (non-hydrogen) atoms. The number of ether oxygens (including phenoxy) is 1. The number of rotatable bonds is 14. The molecule has 0 saturated carbocycles. The van der Waals surface area contributed by atoms with Gasteiger partial charge >= 0.3 is 5.97 Å². The van der Waals surface area contributed by atoms with E-state index in [1.807, 2.05) is 68.4 Å². The predicted octanol–water partition coefficient (Wildman–Crippen LogP) is 3.26. The number of amides is 2. The Labute approximate surface area is 202 Å². The topological polar surface area (TPSA) is 116 Å². The van der Waals surface area contributed by atoms with Crippen molar-refractivity contribution in [1.29, 1.82) is 0 Å². The molecule has 0 saturated heterocycles. The van der Waals surface area contributed by atoms with Crippen molar-refractivity contribution in [3.05, 3.63) is 71.3 Å². The first-order valence-corrected chi connectivity index (χ1v) is 11.9. The van der Waals surface area contributed by atoms with E-state index in [4.69, 9.17) is 16.2 Å². The van der Waals surface area contributed by atoms with Crippen molar-refractivity contribution in [2.45, 2.75) is 71.1 Å². The summed E-state index contributed by atoms with van der Waals surface area (Å²) >= 11 is 0. The highest BCUT2D eigenvalue weighted by Crippen LogP contribution is 2.16. The van der Waals surface area contributed by atoms with Crippen molar-refractivity contribution in [2.24, 2.45) is 11.5 Å². The summed E-state index contributed by atoms with van der Waals surface area (Å²) in [5, 5.41) is 0. The molecule has 2 amide bonds. The monoisotopic (exact) mass is 467 g/mol. The van der Waals surface area contributed by atoms with Gasteiger partial charge in [0, 0.05) is 25.4 Å². The maximum absolute atomic E-state index is 13.2. The van der Waals surface area contributed by atoms with Crippen LogP contribution in [0.15, 0.2) is 54.6 Å². The number of primary amides is 1. The second-order valence-corrected chi connectivity index (χ2v) is 8.69. The molecule has 7 nitrogen and oxygen atoms in total. The minimum atomic E-state index is -0.762. The summed E-state index contributed by atoms with van der Waals surface area (Å²) in [5.74, 6) is -1.00. The Morgan fingerprint density at radius 3 is 2.29 bits per heavy atom. The van der Waals surface area contributed by atoms with E-state index in [-0.39, 0.29) is 37.4 Å². The van der Waals surface area contributed by atoms with E-state index in [2.05, 4.69) is 0 Å². The molecule has 7 heteroatoms. The number of hydrogen-bond donors (Lipinski definition) is 2. The average molecular weight is 468 g/mol. The number of carbonyl (C=O) groups excluding carboxylic acids is 3. The summed E-state index contributed by atoms with van der Waals surface area (Å²) in [6.07, 6.45) is 2.31. The summed E-state index contributed by atoms with van der Waals surface area (Å²) in [6.45, 7) is 4.69. The van der Waals surface area contributed by atoms with Crippen molar-refractivity contribution < 1.29 is 19.1 Å². The zero-order chi connectivity index (χ0) is 24.9. The lowest BCUT2D eigenvalue weighted by Crippen LogP contribution is -2.50. The Kier molecular flexibility index (Phi) is 11.3. The van der Waals surface area contributed by atoms with Crippen molar-refractivity contribution in [3.8, 4) is 0 Å². The smallest absolute Gasteiger partial charge is 0.306 e. The third-order valence-corrected chi connectivity index (χ3v) is 5.67. The van der Waals surface area contributed by atoms with Crippen LogP contribution in [0.4, 0.5) is 0 Å².